The minimum atomic E-state index is -0.621. The third-order valence-corrected chi connectivity index (χ3v) is 9.88. The maximum Gasteiger partial charge on any atom is 0.188 e. The van der Waals surface area contributed by atoms with Crippen LogP contribution in [0.25, 0.3) is 32.3 Å². The van der Waals surface area contributed by atoms with Crippen molar-refractivity contribution in [2.45, 2.75) is 5.41 Å². The summed E-state index contributed by atoms with van der Waals surface area (Å²) in [6.07, 6.45) is 0. The fourth-order valence-corrected chi connectivity index (χ4v) is 7.88. The van der Waals surface area contributed by atoms with E-state index >= 15 is 0 Å². The summed E-state index contributed by atoms with van der Waals surface area (Å²) in [5.74, 6) is 0. The molecule has 49 heavy (non-hydrogen) atoms. The Bertz CT molecular complexity index is 2590. The number of para-hydroxylation sites is 3. The number of anilines is 3. The first kappa shape index (κ1) is 28.4. The predicted molar refractivity (Wildman–Crippen MR) is 198 cm³/mol. The molecule has 0 radical (unpaired) electrons. The minimum absolute atomic E-state index is 0.621. The molecule has 4 nitrogen and oxygen atoms in total. The highest BCUT2D eigenvalue weighted by Gasteiger charge is 2.46. The molecular weight excluding hydrogens is 597 g/mol. The molecule has 0 spiro atoms. The van der Waals surface area contributed by atoms with Crippen molar-refractivity contribution >= 4 is 44.6 Å². The van der Waals surface area contributed by atoms with Gasteiger partial charge in [-0.05, 0) is 88.3 Å². The predicted octanol–water partition coefficient (Wildman–Crippen LogP) is 11.4. The topological polar surface area (TPSA) is 36.3 Å². The number of hydrogen-bond donors (Lipinski definition) is 0. The Balaban J connectivity index is 1.31. The molecule has 0 aliphatic carbocycles. The van der Waals surface area contributed by atoms with Crippen LogP contribution in [0.3, 0.4) is 0 Å². The van der Waals surface area contributed by atoms with E-state index in [4.69, 9.17) is 6.57 Å². The van der Waals surface area contributed by atoms with Crippen LogP contribution >= 0.6 is 0 Å². The average Bonchev–Trinajstić information content (AvgIpc) is 3.51. The number of benzene rings is 7. The molecule has 0 bridgehead atoms. The molecule has 2 heterocycles. The Labute approximate surface area is 284 Å². The highest BCUT2D eigenvalue weighted by atomic mass is 15.2. The maximum absolute atomic E-state index is 9.66. The third-order valence-electron chi connectivity index (χ3n) is 9.88. The second-order valence-electron chi connectivity index (χ2n) is 12.4. The molecular formula is C45H28N4. The van der Waals surface area contributed by atoms with Gasteiger partial charge in [-0.25, -0.2) is 4.85 Å². The maximum atomic E-state index is 9.66. The Morgan fingerprint density at radius 3 is 1.86 bits per heavy atom. The quantitative estimate of drug-likeness (QED) is 0.183. The smallest absolute Gasteiger partial charge is 0.188 e. The molecule has 228 valence electrons. The summed E-state index contributed by atoms with van der Waals surface area (Å²) in [4.78, 5) is 6.09. The second-order valence-corrected chi connectivity index (χ2v) is 12.4. The molecule has 1 aliphatic rings. The number of nitrogens with zero attached hydrogens (tertiary/aromatic N) is 4. The molecule has 0 unspecified atom stereocenters. The lowest BCUT2D eigenvalue weighted by Gasteiger charge is -2.46. The van der Waals surface area contributed by atoms with Crippen molar-refractivity contribution in [2.75, 3.05) is 4.90 Å². The van der Waals surface area contributed by atoms with Crippen molar-refractivity contribution < 1.29 is 0 Å². The van der Waals surface area contributed by atoms with Crippen LogP contribution in [0.5, 0.6) is 0 Å². The Kier molecular flexibility index (Phi) is 6.44. The van der Waals surface area contributed by atoms with Crippen LogP contribution in [-0.2, 0) is 5.41 Å². The first-order valence-corrected chi connectivity index (χ1v) is 16.3. The van der Waals surface area contributed by atoms with E-state index in [2.05, 4.69) is 166 Å². The first-order chi connectivity index (χ1) is 24.2. The van der Waals surface area contributed by atoms with Crippen molar-refractivity contribution in [3.05, 3.63) is 209 Å². The average molecular weight is 625 g/mol. The summed E-state index contributed by atoms with van der Waals surface area (Å²) in [5, 5.41) is 11.8. The summed E-state index contributed by atoms with van der Waals surface area (Å²) in [6.45, 7) is 7.61. The zero-order chi connectivity index (χ0) is 33.0. The number of nitriles is 1. The molecule has 0 atom stereocenters. The zero-order valence-electron chi connectivity index (χ0n) is 26.5. The standard InChI is InChI=1S/C45H28N4/c1-47-34-26-27-42-38(28-34)37-16-5-8-19-41(37)48(42)35-14-11-15-36(29-35)49-43-20-9-6-17-39(43)45(32-12-3-2-4-13-32,40-18-7-10-21-44(40)49)33-24-22-31(30-46)23-25-33/h2-29H. The van der Waals surface area contributed by atoms with Crippen LogP contribution in [0.1, 0.15) is 27.8 Å². The number of fused-ring (bicyclic) bond motifs is 5. The van der Waals surface area contributed by atoms with Crippen LogP contribution in [0.2, 0.25) is 0 Å². The Morgan fingerprint density at radius 1 is 0.531 bits per heavy atom. The molecule has 0 saturated heterocycles. The SMILES string of the molecule is [C-]#[N+]c1ccc2c(c1)c1ccccc1n2-c1cccc(N2c3ccccc3C(c3ccccc3)(c3ccc(C#N)cc3)c3ccccc32)c1. The van der Waals surface area contributed by atoms with Crippen molar-refractivity contribution in [3.8, 4) is 11.8 Å². The van der Waals surface area contributed by atoms with Gasteiger partial charge in [-0.15, -0.1) is 0 Å². The van der Waals surface area contributed by atoms with E-state index in [-0.39, 0.29) is 0 Å². The fourth-order valence-electron chi connectivity index (χ4n) is 7.88. The summed E-state index contributed by atoms with van der Waals surface area (Å²) in [5.41, 5.74) is 11.7. The van der Waals surface area contributed by atoms with Crippen molar-refractivity contribution in [1.29, 1.82) is 5.26 Å². The lowest BCUT2D eigenvalue weighted by atomic mass is 9.62. The Hall–Kier alpha value is -6.88. The lowest BCUT2D eigenvalue weighted by Crippen LogP contribution is -2.37. The zero-order valence-corrected chi connectivity index (χ0v) is 26.5. The summed E-state index contributed by atoms with van der Waals surface area (Å²) in [6, 6.07) is 61.5. The molecule has 0 N–H and O–H groups in total. The highest BCUT2D eigenvalue weighted by molar-refractivity contribution is 6.10. The molecule has 4 heteroatoms. The van der Waals surface area contributed by atoms with E-state index in [1.165, 1.54) is 11.1 Å². The number of aromatic nitrogens is 1. The second kappa shape index (κ2) is 11.1. The van der Waals surface area contributed by atoms with Crippen LogP contribution in [-0.4, -0.2) is 4.57 Å². The summed E-state index contributed by atoms with van der Waals surface area (Å²) < 4.78 is 2.30. The molecule has 1 aliphatic heterocycles. The van der Waals surface area contributed by atoms with Crippen molar-refractivity contribution in [1.82, 2.24) is 4.57 Å². The van der Waals surface area contributed by atoms with E-state index in [9.17, 15) is 5.26 Å². The van der Waals surface area contributed by atoms with Gasteiger partial charge in [0.15, 0.2) is 5.69 Å². The highest BCUT2D eigenvalue weighted by Crippen LogP contribution is 2.57. The fraction of sp³-hybridized carbons (Fsp3) is 0.0222. The van der Waals surface area contributed by atoms with Gasteiger partial charge < -0.3 is 9.47 Å². The normalized spacial score (nSPS) is 13.0. The van der Waals surface area contributed by atoms with Gasteiger partial charge >= 0.3 is 0 Å². The summed E-state index contributed by atoms with van der Waals surface area (Å²) >= 11 is 0. The van der Waals surface area contributed by atoms with Crippen molar-refractivity contribution in [3.63, 3.8) is 0 Å². The van der Waals surface area contributed by atoms with Gasteiger partial charge in [-0.1, -0.05) is 109 Å². The van der Waals surface area contributed by atoms with E-state index in [0.717, 1.165) is 55.7 Å². The van der Waals surface area contributed by atoms with E-state index in [1.807, 2.05) is 24.3 Å². The molecule has 0 fully saturated rings. The van der Waals surface area contributed by atoms with Crippen LogP contribution in [0.15, 0.2) is 170 Å². The van der Waals surface area contributed by atoms with Gasteiger partial charge in [0.05, 0.1) is 46.0 Å². The van der Waals surface area contributed by atoms with Gasteiger partial charge in [0.2, 0.25) is 0 Å². The Morgan fingerprint density at radius 2 is 1.14 bits per heavy atom. The third kappa shape index (κ3) is 4.15. The van der Waals surface area contributed by atoms with Crippen molar-refractivity contribution in [2.24, 2.45) is 0 Å². The summed E-state index contributed by atoms with van der Waals surface area (Å²) in [7, 11) is 0. The number of rotatable bonds is 4. The van der Waals surface area contributed by atoms with Gasteiger partial charge in [0.1, 0.15) is 0 Å². The van der Waals surface area contributed by atoms with Crippen LogP contribution in [0, 0.1) is 17.9 Å². The molecule has 7 aromatic carbocycles. The van der Waals surface area contributed by atoms with Gasteiger partial charge in [0, 0.05) is 16.8 Å². The molecule has 8 aromatic rings. The van der Waals surface area contributed by atoms with Gasteiger partial charge in [-0.2, -0.15) is 5.26 Å². The van der Waals surface area contributed by atoms with Gasteiger partial charge in [0.25, 0.3) is 0 Å². The largest absolute Gasteiger partial charge is 0.310 e. The van der Waals surface area contributed by atoms with E-state index in [1.54, 1.807) is 0 Å². The van der Waals surface area contributed by atoms with Gasteiger partial charge in [-0.3, -0.25) is 0 Å². The van der Waals surface area contributed by atoms with Crippen LogP contribution in [0.4, 0.5) is 22.7 Å². The number of hydrogen-bond acceptors (Lipinski definition) is 2. The molecule has 0 amide bonds. The van der Waals surface area contributed by atoms with Crippen LogP contribution < -0.4 is 4.90 Å². The first-order valence-electron chi connectivity index (χ1n) is 16.3. The van der Waals surface area contributed by atoms with E-state index in [0.29, 0.717) is 11.3 Å². The lowest BCUT2D eigenvalue weighted by molar-refractivity contribution is 0.731. The van der Waals surface area contributed by atoms with E-state index < -0.39 is 5.41 Å². The molecule has 0 saturated carbocycles. The minimum Gasteiger partial charge on any atom is -0.310 e. The monoisotopic (exact) mass is 624 g/mol. The molecule has 1 aromatic heterocycles. The molecule has 9 rings (SSSR count).